The molecule has 8 nitrogen and oxygen atoms in total. The van der Waals surface area contributed by atoms with Crippen LogP contribution in [0.5, 0.6) is 11.5 Å². The average Bonchev–Trinajstić information content (AvgIpc) is 3.46. The van der Waals surface area contributed by atoms with Crippen molar-refractivity contribution in [3.05, 3.63) is 94.6 Å². The zero-order valence-corrected chi connectivity index (χ0v) is 19.4. The minimum atomic E-state index is -0.993. The van der Waals surface area contributed by atoms with E-state index in [9.17, 15) is 24.6 Å². The van der Waals surface area contributed by atoms with Crippen molar-refractivity contribution in [2.45, 2.75) is 19.4 Å². The molecule has 36 heavy (non-hydrogen) atoms. The van der Waals surface area contributed by atoms with Gasteiger partial charge < -0.3 is 19.7 Å². The van der Waals surface area contributed by atoms with Crippen molar-refractivity contribution in [2.75, 3.05) is 18.1 Å². The lowest BCUT2D eigenvalue weighted by molar-refractivity contribution is -0.132. The molecule has 1 amide bonds. The molecule has 0 bridgehead atoms. The van der Waals surface area contributed by atoms with E-state index in [1.54, 1.807) is 55.5 Å². The second-order valence-electron chi connectivity index (χ2n) is 8.45. The van der Waals surface area contributed by atoms with Gasteiger partial charge in [-0.1, -0.05) is 18.2 Å². The first-order chi connectivity index (χ1) is 17.4. The fourth-order valence-electron chi connectivity index (χ4n) is 4.56. The van der Waals surface area contributed by atoms with Crippen LogP contribution in [-0.4, -0.2) is 41.1 Å². The van der Waals surface area contributed by atoms with E-state index >= 15 is 0 Å². The number of fused-ring (bicyclic) bond motifs is 1. The number of benzene rings is 3. The molecule has 1 saturated heterocycles. The van der Waals surface area contributed by atoms with Crippen LogP contribution >= 0.6 is 0 Å². The summed E-state index contributed by atoms with van der Waals surface area (Å²) in [6, 6.07) is 16.4. The summed E-state index contributed by atoms with van der Waals surface area (Å²) in [5.41, 5.74) is 2.21. The summed E-state index contributed by atoms with van der Waals surface area (Å²) in [7, 11) is 0. The molecule has 182 valence electrons. The Kier molecular flexibility index (Phi) is 5.93. The maximum atomic E-state index is 13.3. The highest BCUT2D eigenvalue weighted by Crippen LogP contribution is 2.43. The van der Waals surface area contributed by atoms with Crippen molar-refractivity contribution in [1.29, 1.82) is 0 Å². The van der Waals surface area contributed by atoms with E-state index in [2.05, 4.69) is 0 Å². The van der Waals surface area contributed by atoms with Gasteiger partial charge in [-0.2, -0.15) is 0 Å². The minimum Gasteiger partial charge on any atom is -0.508 e. The summed E-state index contributed by atoms with van der Waals surface area (Å²) in [5, 5.41) is 21.1. The first-order valence-electron chi connectivity index (χ1n) is 11.5. The number of anilines is 1. The first-order valence-corrected chi connectivity index (χ1v) is 11.5. The molecule has 1 unspecified atom stereocenters. The Bertz CT molecular complexity index is 1410. The van der Waals surface area contributed by atoms with Crippen LogP contribution in [-0.2, 0) is 20.7 Å². The third-order valence-corrected chi connectivity index (χ3v) is 6.25. The molecule has 1 atom stereocenters. The van der Waals surface area contributed by atoms with Gasteiger partial charge in [0.05, 0.1) is 30.4 Å². The van der Waals surface area contributed by atoms with E-state index < -0.39 is 23.7 Å². The van der Waals surface area contributed by atoms with E-state index in [-0.39, 0.29) is 29.3 Å². The van der Waals surface area contributed by atoms with Gasteiger partial charge in [0.25, 0.3) is 11.7 Å². The number of phenolic OH excluding ortho intramolecular Hbond substituents is 1. The fraction of sp³-hybridized carbons (Fsp3) is 0.179. The molecule has 2 aliphatic heterocycles. The molecular formula is C28H23NO7. The van der Waals surface area contributed by atoms with E-state index in [0.29, 0.717) is 29.8 Å². The predicted octanol–water partition coefficient (Wildman–Crippen LogP) is 4.13. The Morgan fingerprint density at radius 1 is 1.06 bits per heavy atom. The van der Waals surface area contributed by atoms with Crippen LogP contribution in [0.15, 0.2) is 72.3 Å². The van der Waals surface area contributed by atoms with Gasteiger partial charge in [0.2, 0.25) is 0 Å². The van der Waals surface area contributed by atoms with Gasteiger partial charge in [-0.3, -0.25) is 14.5 Å². The molecule has 2 N–H and O–H groups in total. The fourth-order valence-corrected chi connectivity index (χ4v) is 4.56. The number of amides is 1. The van der Waals surface area contributed by atoms with Crippen LogP contribution in [0.3, 0.4) is 0 Å². The van der Waals surface area contributed by atoms with Gasteiger partial charge in [0, 0.05) is 17.7 Å². The number of Topliss-reactive ketones (excluding diaryl/α,β-unsaturated/α-hetero) is 1. The quantitative estimate of drug-likeness (QED) is 0.242. The minimum absolute atomic E-state index is 0.0126. The van der Waals surface area contributed by atoms with E-state index in [4.69, 9.17) is 9.47 Å². The molecule has 8 heteroatoms. The summed E-state index contributed by atoms with van der Waals surface area (Å²) < 4.78 is 10.6. The first kappa shape index (κ1) is 23.2. The Hall–Kier alpha value is -4.59. The zero-order valence-electron chi connectivity index (χ0n) is 19.4. The maximum absolute atomic E-state index is 13.3. The van der Waals surface area contributed by atoms with Gasteiger partial charge in [-0.25, -0.2) is 4.79 Å². The normalized spacial score (nSPS) is 18.1. The highest BCUT2D eigenvalue weighted by Gasteiger charge is 2.47. The summed E-state index contributed by atoms with van der Waals surface area (Å²) in [6.07, 6.45) is 0.673. The summed E-state index contributed by atoms with van der Waals surface area (Å²) in [6.45, 7) is 2.41. The van der Waals surface area contributed by atoms with Gasteiger partial charge in [0.1, 0.15) is 17.3 Å². The molecule has 0 radical (unpaired) electrons. The number of aliphatic hydroxyl groups is 1. The molecule has 0 saturated carbocycles. The number of rotatable bonds is 5. The lowest BCUT2D eigenvalue weighted by Crippen LogP contribution is -2.29. The molecule has 1 fully saturated rings. The van der Waals surface area contributed by atoms with Gasteiger partial charge in [-0.15, -0.1) is 0 Å². The zero-order chi connectivity index (χ0) is 25.4. The van der Waals surface area contributed by atoms with Gasteiger partial charge in [-0.05, 0) is 66.6 Å². The number of aliphatic hydroxyl groups excluding tert-OH is 1. The molecule has 0 aliphatic carbocycles. The second kappa shape index (κ2) is 9.22. The number of ether oxygens (including phenoxy) is 2. The topological polar surface area (TPSA) is 113 Å². The Morgan fingerprint density at radius 2 is 1.83 bits per heavy atom. The van der Waals surface area contributed by atoms with Crippen LogP contribution in [0.4, 0.5) is 5.69 Å². The Balaban J connectivity index is 1.67. The molecule has 3 aromatic rings. The number of phenols is 1. The van der Waals surface area contributed by atoms with Crippen molar-refractivity contribution >= 4 is 29.1 Å². The maximum Gasteiger partial charge on any atom is 0.338 e. The molecule has 3 aromatic carbocycles. The van der Waals surface area contributed by atoms with Crippen LogP contribution in [0.2, 0.25) is 0 Å². The molecule has 2 heterocycles. The van der Waals surface area contributed by atoms with Crippen molar-refractivity contribution in [2.24, 2.45) is 0 Å². The monoisotopic (exact) mass is 485 g/mol. The lowest BCUT2D eigenvalue weighted by Gasteiger charge is -2.26. The predicted molar refractivity (Wildman–Crippen MR) is 131 cm³/mol. The molecule has 5 rings (SSSR count). The highest BCUT2D eigenvalue weighted by atomic mass is 16.5. The number of carbonyl (C=O) groups is 3. The van der Waals surface area contributed by atoms with Crippen molar-refractivity contribution in [1.82, 2.24) is 0 Å². The number of hydrogen-bond acceptors (Lipinski definition) is 7. The summed E-state index contributed by atoms with van der Waals surface area (Å²) in [4.78, 5) is 40.2. The van der Waals surface area contributed by atoms with Crippen molar-refractivity contribution in [3.63, 3.8) is 0 Å². The number of hydrogen-bond donors (Lipinski definition) is 2. The van der Waals surface area contributed by atoms with E-state index in [1.807, 2.05) is 0 Å². The summed E-state index contributed by atoms with van der Waals surface area (Å²) >= 11 is 0. The second-order valence-corrected chi connectivity index (χ2v) is 8.45. The van der Waals surface area contributed by atoms with Gasteiger partial charge >= 0.3 is 5.97 Å². The van der Waals surface area contributed by atoms with Crippen LogP contribution in [0, 0.1) is 0 Å². The number of esters is 1. The molecular weight excluding hydrogens is 462 g/mol. The lowest BCUT2D eigenvalue weighted by atomic mass is 9.94. The van der Waals surface area contributed by atoms with Crippen molar-refractivity contribution < 1.29 is 34.1 Å². The van der Waals surface area contributed by atoms with E-state index in [0.717, 1.165) is 11.3 Å². The van der Waals surface area contributed by atoms with Gasteiger partial charge in [0.15, 0.2) is 0 Å². The Morgan fingerprint density at radius 3 is 2.58 bits per heavy atom. The molecule has 0 aromatic heterocycles. The molecule has 0 spiro atoms. The summed E-state index contributed by atoms with van der Waals surface area (Å²) in [5.74, 6) is -1.84. The third kappa shape index (κ3) is 3.96. The average molecular weight is 485 g/mol. The highest BCUT2D eigenvalue weighted by molar-refractivity contribution is 6.51. The van der Waals surface area contributed by atoms with Crippen molar-refractivity contribution in [3.8, 4) is 11.5 Å². The number of nitrogens with zero attached hydrogens (tertiary/aromatic N) is 1. The smallest absolute Gasteiger partial charge is 0.338 e. The largest absolute Gasteiger partial charge is 0.508 e. The van der Waals surface area contributed by atoms with Crippen LogP contribution in [0.1, 0.15) is 40.0 Å². The van der Waals surface area contributed by atoms with E-state index in [1.165, 1.54) is 23.1 Å². The SMILES string of the molecule is CCOC(=O)c1cccc(N2C(=O)C(=O)/C(=C(\O)c3ccc4c(c3)CCO4)C2c2ccc(O)cc2)c1. The number of carbonyl (C=O) groups excluding carboxylic acids is 3. The third-order valence-electron chi connectivity index (χ3n) is 6.25. The van der Waals surface area contributed by atoms with Crippen LogP contribution in [0.25, 0.3) is 5.76 Å². The van der Waals surface area contributed by atoms with Crippen LogP contribution < -0.4 is 9.64 Å². The number of ketones is 1. The Labute approximate surface area is 207 Å². The molecule has 2 aliphatic rings. The number of aromatic hydroxyl groups is 1. The standard InChI is InChI=1S/C28H23NO7/c1-2-35-28(34)19-4-3-5-20(15-19)29-24(16-6-9-21(30)10-7-16)23(26(32)27(29)33)25(31)18-8-11-22-17(14-18)12-13-36-22/h3-11,14-15,24,30-31H,2,12-13H2,1H3/b25-23-.